The van der Waals surface area contributed by atoms with Gasteiger partial charge in [-0.15, -0.1) is 0 Å². The Morgan fingerprint density at radius 1 is 1.16 bits per heavy atom. The summed E-state index contributed by atoms with van der Waals surface area (Å²) in [6.07, 6.45) is 8.39. The van der Waals surface area contributed by atoms with Crippen molar-refractivity contribution < 1.29 is 4.79 Å². The number of hydrogen-bond acceptors (Lipinski definition) is 3. The van der Waals surface area contributed by atoms with Crippen LogP contribution in [-0.2, 0) is 13.0 Å². The Kier molecular flexibility index (Phi) is 4.79. The van der Waals surface area contributed by atoms with Crippen molar-refractivity contribution in [1.82, 2.24) is 14.5 Å². The Morgan fingerprint density at radius 3 is 2.64 bits per heavy atom. The molecule has 0 unspecified atom stereocenters. The second-order valence-electron chi connectivity index (χ2n) is 6.50. The van der Waals surface area contributed by atoms with Gasteiger partial charge in [0.25, 0.3) is 0 Å². The second-order valence-corrected chi connectivity index (χ2v) is 6.50. The Bertz CT molecular complexity index is 910. The van der Waals surface area contributed by atoms with E-state index in [2.05, 4.69) is 33.6 Å². The van der Waals surface area contributed by atoms with Crippen molar-refractivity contribution in [3.8, 4) is 11.4 Å². The van der Waals surface area contributed by atoms with Crippen molar-refractivity contribution in [3.05, 3.63) is 70.8 Å². The molecule has 0 atom stereocenters. The first-order valence-electron chi connectivity index (χ1n) is 8.51. The summed E-state index contributed by atoms with van der Waals surface area (Å²) in [5, 5.41) is 0. The Balaban J connectivity index is 2.00. The molecule has 0 N–H and O–H groups in total. The van der Waals surface area contributed by atoms with Crippen molar-refractivity contribution in [3.63, 3.8) is 0 Å². The molecule has 1 aromatic carbocycles. The summed E-state index contributed by atoms with van der Waals surface area (Å²) in [6, 6.07) is 6.12. The number of benzene rings is 1. The van der Waals surface area contributed by atoms with Crippen molar-refractivity contribution in [1.29, 1.82) is 0 Å². The van der Waals surface area contributed by atoms with Gasteiger partial charge < -0.3 is 4.57 Å². The quantitative estimate of drug-likeness (QED) is 0.654. The van der Waals surface area contributed by atoms with Gasteiger partial charge in [-0.1, -0.05) is 12.1 Å². The molecule has 0 bridgehead atoms. The summed E-state index contributed by atoms with van der Waals surface area (Å²) >= 11 is 0. The molecule has 4 nitrogen and oxygen atoms in total. The Labute approximate surface area is 148 Å². The molecule has 0 saturated heterocycles. The predicted octanol–water partition coefficient (Wildman–Crippen LogP) is 4.32. The SMILES string of the molecule is CC(=O)c1c(C)cc(C)c(-c2nccn2CCc2cccnc2)c1C. The van der Waals surface area contributed by atoms with Crippen LogP contribution in [0.25, 0.3) is 11.4 Å². The van der Waals surface area contributed by atoms with Crippen LogP contribution >= 0.6 is 0 Å². The van der Waals surface area contributed by atoms with E-state index in [1.165, 1.54) is 5.56 Å². The van der Waals surface area contributed by atoms with Crippen molar-refractivity contribution in [2.45, 2.75) is 40.7 Å². The lowest BCUT2D eigenvalue weighted by Gasteiger charge is -2.17. The third kappa shape index (κ3) is 3.38. The van der Waals surface area contributed by atoms with E-state index in [1.807, 2.05) is 38.5 Å². The number of aryl methyl sites for hydroxylation is 4. The van der Waals surface area contributed by atoms with Gasteiger partial charge in [0.15, 0.2) is 5.78 Å². The molecule has 4 heteroatoms. The number of ketones is 1. The lowest BCUT2D eigenvalue weighted by atomic mass is 9.91. The molecule has 0 aliphatic heterocycles. The number of carbonyl (C=O) groups excluding carboxylic acids is 1. The van der Waals surface area contributed by atoms with E-state index in [-0.39, 0.29) is 5.78 Å². The number of rotatable bonds is 5. The Hall–Kier alpha value is -2.75. The van der Waals surface area contributed by atoms with E-state index in [0.717, 1.165) is 46.6 Å². The zero-order chi connectivity index (χ0) is 18.0. The topological polar surface area (TPSA) is 47.8 Å². The van der Waals surface area contributed by atoms with Gasteiger partial charge in [-0.3, -0.25) is 9.78 Å². The predicted molar refractivity (Wildman–Crippen MR) is 99.8 cm³/mol. The van der Waals surface area contributed by atoms with Crippen LogP contribution < -0.4 is 0 Å². The zero-order valence-electron chi connectivity index (χ0n) is 15.2. The molecule has 128 valence electrons. The average molecular weight is 333 g/mol. The average Bonchev–Trinajstić information content (AvgIpc) is 3.01. The third-order valence-corrected chi connectivity index (χ3v) is 4.63. The number of imidazole rings is 1. The molecule has 25 heavy (non-hydrogen) atoms. The molecule has 0 spiro atoms. The largest absolute Gasteiger partial charge is 0.331 e. The van der Waals surface area contributed by atoms with Gasteiger partial charge in [0.05, 0.1) is 0 Å². The minimum atomic E-state index is 0.102. The number of hydrogen-bond donors (Lipinski definition) is 0. The van der Waals surface area contributed by atoms with Crippen LogP contribution in [0.1, 0.15) is 39.5 Å². The maximum atomic E-state index is 12.1. The lowest BCUT2D eigenvalue weighted by Crippen LogP contribution is -2.08. The number of nitrogens with zero attached hydrogens (tertiary/aromatic N) is 3. The molecule has 3 aromatic rings. The molecule has 0 aliphatic carbocycles. The van der Waals surface area contributed by atoms with E-state index in [0.29, 0.717) is 0 Å². The van der Waals surface area contributed by atoms with Gasteiger partial charge in [0, 0.05) is 42.5 Å². The first kappa shape index (κ1) is 17.1. The molecule has 2 heterocycles. The third-order valence-electron chi connectivity index (χ3n) is 4.63. The van der Waals surface area contributed by atoms with Gasteiger partial charge in [-0.05, 0) is 62.4 Å². The minimum Gasteiger partial charge on any atom is -0.331 e. The summed E-state index contributed by atoms with van der Waals surface area (Å²) in [5.74, 6) is 1.02. The lowest BCUT2D eigenvalue weighted by molar-refractivity contribution is 0.101. The van der Waals surface area contributed by atoms with E-state index in [1.54, 1.807) is 13.1 Å². The molecule has 0 saturated carbocycles. The van der Waals surface area contributed by atoms with Crippen LogP contribution in [0.2, 0.25) is 0 Å². The van der Waals surface area contributed by atoms with Crippen LogP contribution in [0.15, 0.2) is 43.0 Å². The highest BCUT2D eigenvalue weighted by Gasteiger charge is 2.18. The van der Waals surface area contributed by atoms with Gasteiger partial charge in [-0.2, -0.15) is 0 Å². The normalized spacial score (nSPS) is 10.9. The van der Waals surface area contributed by atoms with Gasteiger partial charge >= 0.3 is 0 Å². The highest BCUT2D eigenvalue weighted by Crippen LogP contribution is 2.31. The fourth-order valence-corrected chi connectivity index (χ4v) is 3.58. The maximum Gasteiger partial charge on any atom is 0.160 e. The van der Waals surface area contributed by atoms with Crippen LogP contribution in [0.4, 0.5) is 0 Å². The molecular formula is C21H23N3O. The first-order valence-corrected chi connectivity index (χ1v) is 8.51. The zero-order valence-corrected chi connectivity index (χ0v) is 15.2. The molecule has 0 fully saturated rings. The molecular weight excluding hydrogens is 310 g/mol. The Morgan fingerprint density at radius 2 is 1.96 bits per heavy atom. The van der Waals surface area contributed by atoms with E-state index >= 15 is 0 Å². The van der Waals surface area contributed by atoms with E-state index < -0.39 is 0 Å². The fourth-order valence-electron chi connectivity index (χ4n) is 3.58. The number of aromatic nitrogens is 3. The van der Waals surface area contributed by atoms with E-state index in [4.69, 9.17) is 0 Å². The molecule has 2 aromatic heterocycles. The van der Waals surface area contributed by atoms with Gasteiger partial charge in [0.2, 0.25) is 0 Å². The van der Waals surface area contributed by atoms with Crippen molar-refractivity contribution >= 4 is 5.78 Å². The fraction of sp³-hybridized carbons (Fsp3) is 0.286. The highest BCUT2D eigenvalue weighted by atomic mass is 16.1. The van der Waals surface area contributed by atoms with Crippen LogP contribution in [0.5, 0.6) is 0 Å². The van der Waals surface area contributed by atoms with Crippen molar-refractivity contribution in [2.75, 3.05) is 0 Å². The smallest absolute Gasteiger partial charge is 0.160 e. The number of pyridine rings is 1. The van der Waals surface area contributed by atoms with Gasteiger partial charge in [-0.25, -0.2) is 4.98 Å². The monoisotopic (exact) mass is 333 g/mol. The summed E-state index contributed by atoms with van der Waals surface area (Å²) < 4.78 is 2.15. The second kappa shape index (κ2) is 7.01. The summed E-state index contributed by atoms with van der Waals surface area (Å²) in [7, 11) is 0. The molecule has 0 radical (unpaired) electrons. The van der Waals surface area contributed by atoms with Crippen LogP contribution in [-0.4, -0.2) is 20.3 Å². The summed E-state index contributed by atoms with van der Waals surface area (Å²) in [4.78, 5) is 20.8. The number of carbonyl (C=O) groups is 1. The summed E-state index contributed by atoms with van der Waals surface area (Å²) in [5.41, 5.74) is 6.26. The molecule has 0 aliphatic rings. The van der Waals surface area contributed by atoms with Crippen LogP contribution in [0.3, 0.4) is 0 Å². The maximum absolute atomic E-state index is 12.1. The van der Waals surface area contributed by atoms with E-state index in [9.17, 15) is 4.79 Å². The van der Waals surface area contributed by atoms with Crippen LogP contribution in [0, 0.1) is 20.8 Å². The summed E-state index contributed by atoms with van der Waals surface area (Å²) in [6.45, 7) is 8.55. The number of Topliss-reactive ketones (excluding diaryl/α,β-unsaturated/α-hetero) is 1. The standard InChI is InChI=1S/C21H23N3O/c1-14-12-15(2)20(16(3)19(14)17(4)25)21-23-9-11-24(21)10-7-18-6-5-8-22-13-18/h5-6,8-9,11-13H,7,10H2,1-4H3. The molecule has 0 amide bonds. The molecule has 3 rings (SSSR count). The van der Waals surface area contributed by atoms with Gasteiger partial charge in [0.1, 0.15) is 5.82 Å². The highest BCUT2D eigenvalue weighted by molar-refractivity contribution is 5.99. The first-order chi connectivity index (χ1) is 12.0. The van der Waals surface area contributed by atoms with Crippen molar-refractivity contribution in [2.24, 2.45) is 0 Å². The minimum absolute atomic E-state index is 0.102.